The van der Waals surface area contributed by atoms with Crippen LogP contribution in [0.1, 0.15) is 31.1 Å². The lowest BCUT2D eigenvalue weighted by molar-refractivity contribution is 0.0983. The second-order valence-corrected chi connectivity index (χ2v) is 9.40. The lowest BCUT2D eigenvalue weighted by Gasteiger charge is -2.24. The van der Waals surface area contributed by atoms with Crippen molar-refractivity contribution in [2.75, 3.05) is 51.1 Å². The Kier molecular flexibility index (Phi) is 10.8. The highest BCUT2D eigenvalue weighted by atomic mass is 35.5. The fraction of sp³-hybridized carbons (Fsp3) is 0.417. The predicted octanol–water partition coefficient (Wildman–Crippen LogP) is 5.84. The average molecular weight is 510 g/mol. The quantitative estimate of drug-likeness (QED) is 0.303. The van der Waals surface area contributed by atoms with Gasteiger partial charge in [0.05, 0.1) is 14.2 Å². The van der Waals surface area contributed by atoms with E-state index in [1.54, 1.807) is 30.9 Å². The van der Waals surface area contributed by atoms with Crippen LogP contribution in [0.2, 0.25) is 0 Å². The Morgan fingerprint density at radius 2 is 1.61 bits per heavy atom. The van der Waals surface area contributed by atoms with Gasteiger partial charge in [-0.1, -0.05) is 32.1 Å². The number of rotatable bonds is 11. The smallest absolute Gasteiger partial charge is 0.260 e. The summed E-state index contributed by atoms with van der Waals surface area (Å²) in [7, 11) is 3.26. The number of fused-ring (bicyclic) bond motifs is 1. The van der Waals surface area contributed by atoms with E-state index in [0.717, 1.165) is 40.7 Å². The van der Waals surface area contributed by atoms with E-state index in [1.165, 1.54) is 11.3 Å². The van der Waals surface area contributed by atoms with Gasteiger partial charge in [0.2, 0.25) is 0 Å². The summed E-state index contributed by atoms with van der Waals surface area (Å²) in [5, 5.41) is 0.645. The lowest BCUT2D eigenvalue weighted by atomic mass is 10.2. The van der Waals surface area contributed by atoms with Crippen molar-refractivity contribution in [3.63, 3.8) is 0 Å². The number of hydrogen-bond acceptors (Lipinski definition) is 7. The van der Waals surface area contributed by atoms with Crippen molar-refractivity contribution >= 4 is 56.8 Å². The van der Waals surface area contributed by atoms with Gasteiger partial charge < -0.3 is 14.4 Å². The maximum Gasteiger partial charge on any atom is 0.260 e. The zero-order valence-corrected chi connectivity index (χ0v) is 22.2. The van der Waals surface area contributed by atoms with Crippen LogP contribution in [0.5, 0.6) is 11.5 Å². The molecule has 9 heteroatoms. The number of aromatic nitrogens is 1. The second-order valence-electron chi connectivity index (χ2n) is 7.09. The highest BCUT2D eigenvalue weighted by Crippen LogP contribution is 2.40. The second kappa shape index (κ2) is 13.0. The monoisotopic (exact) mass is 509 g/mol. The highest BCUT2D eigenvalue weighted by molar-refractivity contribution is 7.99. The third-order valence-electron chi connectivity index (χ3n) is 5.32. The minimum Gasteiger partial charge on any atom is -0.495 e. The molecule has 0 N–H and O–H groups in total. The van der Waals surface area contributed by atoms with Gasteiger partial charge in [-0.3, -0.25) is 9.69 Å². The first-order valence-electron chi connectivity index (χ1n) is 10.8. The molecule has 6 nitrogen and oxygen atoms in total. The van der Waals surface area contributed by atoms with E-state index < -0.39 is 0 Å². The van der Waals surface area contributed by atoms with Crippen LogP contribution < -0.4 is 14.4 Å². The van der Waals surface area contributed by atoms with Gasteiger partial charge in [0.25, 0.3) is 5.91 Å². The van der Waals surface area contributed by atoms with Crippen molar-refractivity contribution in [2.45, 2.75) is 25.7 Å². The van der Waals surface area contributed by atoms with Gasteiger partial charge in [-0.25, -0.2) is 4.98 Å². The molecule has 0 radical (unpaired) electrons. The van der Waals surface area contributed by atoms with E-state index in [4.69, 9.17) is 14.5 Å². The minimum atomic E-state index is -0.0535. The molecule has 0 atom stereocenters. The molecule has 180 valence electrons. The van der Waals surface area contributed by atoms with E-state index >= 15 is 0 Å². The standard InChI is InChI=1S/C24H31N3O3S2.ClH/c1-6-26(7-2)15-16-27(23(28)17-9-11-18(12-10-17)31-8-3)24-25-21-19(29-4)13-14-20(30-5)22(21)32-24;/h9-14H,6-8,15-16H2,1-5H3;1H. The van der Waals surface area contributed by atoms with Gasteiger partial charge in [-0.2, -0.15) is 0 Å². The number of ether oxygens (including phenoxy) is 2. The number of anilines is 1. The number of methoxy groups -OCH3 is 2. The number of thiazole rings is 1. The Balaban J connectivity index is 0.00000385. The maximum atomic E-state index is 13.6. The molecule has 0 aliphatic heterocycles. The van der Waals surface area contributed by atoms with Crippen LogP contribution >= 0.6 is 35.5 Å². The molecular formula is C24H32ClN3O3S2. The third-order valence-corrected chi connectivity index (χ3v) is 7.31. The van der Waals surface area contributed by atoms with E-state index in [9.17, 15) is 4.79 Å². The molecular weight excluding hydrogens is 478 g/mol. The summed E-state index contributed by atoms with van der Waals surface area (Å²) in [6.45, 7) is 9.57. The largest absolute Gasteiger partial charge is 0.495 e. The van der Waals surface area contributed by atoms with Crippen molar-refractivity contribution in [3.05, 3.63) is 42.0 Å². The molecule has 33 heavy (non-hydrogen) atoms. The normalized spacial score (nSPS) is 10.8. The predicted molar refractivity (Wildman–Crippen MR) is 142 cm³/mol. The fourth-order valence-electron chi connectivity index (χ4n) is 3.47. The fourth-order valence-corrected chi connectivity index (χ4v) is 5.23. The number of benzene rings is 2. The first-order chi connectivity index (χ1) is 15.6. The molecule has 0 unspecified atom stereocenters. The number of hydrogen-bond donors (Lipinski definition) is 0. The van der Waals surface area contributed by atoms with Gasteiger partial charge in [-0.05, 0) is 55.2 Å². The molecule has 0 bridgehead atoms. The Morgan fingerprint density at radius 1 is 0.970 bits per heavy atom. The summed E-state index contributed by atoms with van der Waals surface area (Å²) in [5.41, 5.74) is 1.37. The molecule has 2 aromatic carbocycles. The van der Waals surface area contributed by atoms with Crippen molar-refractivity contribution < 1.29 is 14.3 Å². The summed E-state index contributed by atoms with van der Waals surface area (Å²) < 4.78 is 11.9. The summed E-state index contributed by atoms with van der Waals surface area (Å²) in [4.78, 5) is 23.6. The third kappa shape index (κ3) is 6.32. The number of nitrogens with zero attached hydrogens (tertiary/aromatic N) is 3. The average Bonchev–Trinajstić information content (AvgIpc) is 3.27. The van der Waals surface area contributed by atoms with Crippen LogP contribution in [-0.2, 0) is 0 Å². The first-order valence-corrected chi connectivity index (χ1v) is 12.6. The Labute approximate surface area is 210 Å². The molecule has 1 amide bonds. The van der Waals surface area contributed by atoms with E-state index in [1.807, 2.05) is 36.4 Å². The molecule has 3 rings (SSSR count). The summed E-state index contributed by atoms with van der Waals surface area (Å²) in [6.07, 6.45) is 0. The molecule has 0 spiro atoms. The Bertz CT molecular complexity index is 998. The molecule has 0 fully saturated rings. The van der Waals surface area contributed by atoms with Crippen LogP contribution in [0.3, 0.4) is 0 Å². The summed E-state index contributed by atoms with van der Waals surface area (Å²) in [5.74, 6) is 2.34. The van der Waals surface area contributed by atoms with E-state index in [2.05, 4.69) is 25.7 Å². The number of halogens is 1. The van der Waals surface area contributed by atoms with Gasteiger partial charge in [0.15, 0.2) is 5.13 Å². The van der Waals surface area contributed by atoms with Gasteiger partial charge in [-0.15, -0.1) is 24.2 Å². The zero-order chi connectivity index (χ0) is 23.1. The number of thioether (sulfide) groups is 1. The lowest BCUT2D eigenvalue weighted by Crippen LogP contribution is -2.38. The molecule has 0 saturated heterocycles. The van der Waals surface area contributed by atoms with E-state index in [0.29, 0.717) is 28.5 Å². The Hall–Kier alpha value is -2.00. The molecule has 1 heterocycles. The first kappa shape index (κ1) is 27.2. The maximum absolute atomic E-state index is 13.6. The molecule has 1 aromatic heterocycles. The van der Waals surface area contributed by atoms with Gasteiger partial charge in [0.1, 0.15) is 21.7 Å². The van der Waals surface area contributed by atoms with Crippen molar-refractivity contribution in [3.8, 4) is 11.5 Å². The van der Waals surface area contributed by atoms with Crippen molar-refractivity contribution in [1.82, 2.24) is 9.88 Å². The van der Waals surface area contributed by atoms with Crippen LogP contribution in [0.4, 0.5) is 5.13 Å². The van der Waals surface area contributed by atoms with Gasteiger partial charge >= 0.3 is 0 Å². The van der Waals surface area contributed by atoms with Crippen LogP contribution in [0.25, 0.3) is 10.2 Å². The Morgan fingerprint density at radius 3 is 2.18 bits per heavy atom. The number of carbonyl (C=O) groups is 1. The van der Waals surface area contributed by atoms with E-state index in [-0.39, 0.29) is 18.3 Å². The molecule has 0 saturated carbocycles. The minimum absolute atomic E-state index is 0. The number of carbonyl (C=O) groups excluding carboxylic acids is 1. The topological polar surface area (TPSA) is 54.9 Å². The molecule has 0 aliphatic rings. The zero-order valence-electron chi connectivity index (χ0n) is 19.8. The molecule has 3 aromatic rings. The SMILES string of the molecule is CCSc1ccc(C(=O)N(CCN(CC)CC)c2nc3c(OC)ccc(OC)c3s2)cc1.Cl. The highest BCUT2D eigenvalue weighted by Gasteiger charge is 2.24. The van der Waals surface area contributed by atoms with Gasteiger partial charge in [0, 0.05) is 23.5 Å². The number of likely N-dealkylation sites (N-methyl/N-ethyl adjacent to an activating group) is 1. The number of amides is 1. The van der Waals surface area contributed by atoms with Crippen LogP contribution in [0.15, 0.2) is 41.3 Å². The van der Waals surface area contributed by atoms with Crippen LogP contribution in [-0.4, -0.2) is 61.9 Å². The summed E-state index contributed by atoms with van der Waals surface area (Å²) in [6, 6.07) is 11.5. The van der Waals surface area contributed by atoms with Crippen LogP contribution in [0, 0.1) is 0 Å². The van der Waals surface area contributed by atoms with Crippen molar-refractivity contribution in [1.29, 1.82) is 0 Å². The molecule has 0 aliphatic carbocycles. The van der Waals surface area contributed by atoms with Crippen molar-refractivity contribution in [2.24, 2.45) is 0 Å². The summed E-state index contributed by atoms with van der Waals surface area (Å²) >= 11 is 3.22.